The highest BCUT2D eigenvalue weighted by Crippen LogP contribution is 2.36. The van der Waals surface area contributed by atoms with Crippen LogP contribution >= 0.6 is 11.6 Å². The van der Waals surface area contributed by atoms with Crippen molar-refractivity contribution in [3.8, 4) is 0 Å². The molecule has 1 heterocycles. The second-order valence-electron chi connectivity index (χ2n) is 8.63. The molecule has 5 rings (SSSR count). The quantitative estimate of drug-likeness (QED) is 0.360. The third kappa shape index (κ3) is 4.83. The standard InChI is InChI=1S/C29H23ClN2O3S/c1-19-6-8-20(9-7-19)17-31-28(33)22-12-15-27-25(16-22)32(18-21-10-13-23(30)14-11-21)29(34)24-4-2-3-5-26(24)36(27)35/h2-16H,17-18H2,1H3,(H,31,33)/t36-/m1/s1. The minimum atomic E-state index is -1.58. The first-order valence-electron chi connectivity index (χ1n) is 11.5. The lowest BCUT2D eigenvalue weighted by molar-refractivity contribution is 0.0947. The van der Waals surface area contributed by atoms with Gasteiger partial charge in [0, 0.05) is 17.1 Å². The third-order valence-electron chi connectivity index (χ3n) is 6.10. The smallest absolute Gasteiger partial charge is 0.259 e. The molecule has 0 unspecified atom stereocenters. The Morgan fingerprint density at radius 2 is 1.58 bits per heavy atom. The van der Waals surface area contributed by atoms with Crippen LogP contribution in [0.15, 0.2) is 101 Å². The van der Waals surface area contributed by atoms with Crippen LogP contribution in [-0.4, -0.2) is 16.0 Å². The van der Waals surface area contributed by atoms with Crippen LogP contribution in [0.25, 0.3) is 0 Å². The first kappa shape index (κ1) is 24.0. The number of rotatable bonds is 5. The molecule has 0 aliphatic carbocycles. The van der Waals surface area contributed by atoms with Gasteiger partial charge in [0.15, 0.2) is 0 Å². The van der Waals surface area contributed by atoms with Crippen molar-refractivity contribution in [2.75, 3.05) is 4.90 Å². The molecule has 0 spiro atoms. The number of carbonyl (C=O) groups excluding carboxylic acids is 2. The molecule has 1 atom stereocenters. The molecule has 0 radical (unpaired) electrons. The minimum absolute atomic E-state index is 0.239. The number of nitrogens with zero attached hydrogens (tertiary/aromatic N) is 1. The highest BCUT2D eigenvalue weighted by molar-refractivity contribution is 7.85. The molecule has 4 aromatic rings. The van der Waals surface area contributed by atoms with Crippen LogP contribution in [0, 0.1) is 6.92 Å². The van der Waals surface area contributed by atoms with Gasteiger partial charge in [0.25, 0.3) is 11.8 Å². The van der Waals surface area contributed by atoms with Crippen LogP contribution < -0.4 is 10.2 Å². The molecule has 1 aliphatic heterocycles. The molecule has 7 heteroatoms. The van der Waals surface area contributed by atoms with Crippen LogP contribution in [0.5, 0.6) is 0 Å². The number of fused-ring (bicyclic) bond motifs is 2. The van der Waals surface area contributed by atoms with Gasteiger partial charge in [-0.3, -0.25) is 9.59 Å². The molecular weight excluding hydrogens is 492 g/mol. The lowest BCUT2D eigenvalue weighted by Crippen LogP contribution is -2.31. The Bertz CT molecular complexity index is 1480. The number of nitrogens with one attached hydrogen (secondary N) is 1. The summed E-state index contributed by atoms with van der Waals surface area (Å²) in [5.74, 6) is -0.547. The summed E-state index contributed by atoms with van der Waals surface area (Å²) in [4.78, 5) is 29.3. The van der Waals surface area contributed by atoms with Crippen LogP contribution in [0.4, 0.5) is 5.69 Å². The highest BCUT2D eigenvalue weighted by atomic mass is 35.5. The summed E-state index contributed by atoms with van der Waals surface area (Å²) in [6.45, 7) is 2.63. The molecule has 36 heavy (non-hydrogen) atoms. The molecule has 0 saturated carbocycles. The largest absolute Gasteiger partial charge is 0.348 e. The summed E-state index contributed by atoms with van der Waals surface area (Å²) >= 11 is 6.05. The average molecular weight is 515 g/mol. The molecule has 0 saturated heterocycles. The fourth-order valence-electron chi connectivity index (χ4n) is 4.12. The zero-order valence-corrected chi connectivity index (χ0v) is 21.1. The first-order chi connectivity index (χ1) is 17.4. The molecule has 2 amide bonds. The first-order valence-corrected chi connectivity index (χ1v) is 13.0. The maximum atomic E-state index is 13.7. The van der Waals surface area contributed by atoms with Crippen molar-refractivity contribution in [3.63, 3.8) is 0 Å². The monoisotopic (exact) mass is 514 g/mol. The molecule has 0 bridgehead atoms. The van der Waals surface area contributed by atoms with E-state index in [0.717, 1.165) is 16.7 Å². The summed E-state index contributed by atoms with van der Waals surface area (Å²) in [6, 6.07) is 27.1. The Hall–Kier alpha value is -3.74. The molecule has 4 aromatic carbocycles. The van der Waals surface area contributed by atoms with Gasteiger partial charge in [0.05, 0.1) is 38.4 Å². The molecule has 0 aromatic heterocycles. The van der Waals surface area contributed by atoms with Gasteiger partial charge in [0.1, 0.15) is 0 Å². The summed E-state index contributed by atoms with van der Waals surface area (Å²) in [6.07, 6.45) is 0. The Kier molecular flexibility index (Phi) is 6.72. The molecule has 1 aliphatic rings. The molecule has 5 nitrogen and oxygen atoms in total. The Balaban J connectivity index is 1.52. The summed E-state index contributed by atoms with van der Waals surface area (Å²) in [5.41, 5.74) is 4.21. The predicted molar refractivity (Wildman–Crippen MR) is 142 cm³/mol. The van der Waals surface area contributed by atoms with Gasteiger partial charge >= 0.3 is 0 Å². The second-order valence-corrected chi connectivity index (χ2v) is 10.5. The molecular formula is C29H23ClN2O3S. The number of hydrogen-bond donors (Lipinski definition) is 1. The van der Waals surface area contributed by atoms with E-state index in [1.54, 1.807) is 59.5 Å². The van der Waals surface area contributed by atoms with Crippen molar-refractivity contribution in [2.24, 2.45) is 0 Å². The zero-order chi connectivity index (χ0) is 25.2. The fraction of sp³-hybridized carbons (Fsp3) is 0.103. The molecule has 1 N–H and O–H groups in total. The average Bonchev–Trinajstić information content (AvgIpc) is 2.98. The number of benzene rings is 4. The number of carbonyl (C=O) groups is 2. The van der Waals surface area contributed by atoms with Gasteiger partial charge < -0.3 is 10.2 Å². The fourth-order valence-corrected chi connectivity index (χ4v) is 5.60. The maximum absolute atomic E-state index is 13.7. The Morgan fingerprint density at radius 1 is 0.889 bits per heavy atom. The van der Waals surface area contributed by atoms with Gasteiger partial charge in [-0.15, -0.1) is 0 Å². The van der Waals surface area contributed by atoms with E-state index in [-0.39, 0.29) is 18.4 Å². The normalized spacial score (nSPS) is 14.6. The highest BCUT2D eigenvalue weighted by Gasteiger charge is 2.31. The number of aryl methyl sites for hydroxylation is 1. The molecule has 180 valence electrons. The van der Waals surface area contributed by atoms with E-state index in [2.05, 4.69) is 5.32 Å². The summed E-state index contributed by atoms with van der Waals surface area (Å²) < 4.78 is 13.5. The third-order valence-corrected chi connectivity index (χ3v) is 7.85. The summed E-state index contributed by atoms with van der Waals surface area (Å²) in [7, 11) is -1.58. The van der Waals surface area contributed by atoms with Crippen molar-refractivity contribution < 1.29 is 13.8 Å². The van der Waals surface area contributed by atoms with Gasteiger partial charge in [0.2, 0.25) is 0 Å². The Labute approximate surface area is 217 Å². The topological polar surface area (TPSA) is 66.5 Å². The number of amides is 2. The zero-order valence-electron chi connectivity index (χ0n) is 19.5. The van der Waals surface area contributed by atoms with E-state index >= 15 is 0 Å². The van der Waals surface area contributed by atoms with Crippen LogP contribution in [-0.2, 0) is 23.9 Å². The summed E-state index contributed by atoms with van der Waals surface area (Å²) in [5, 5.41) is 3.53. The van der Waals surface area contributed by atoms with Gasteiger partial charge in [-0.25, -0.2) is 4.21 Å². The van der Waals surface area contributed by atoms with Gasteiger partial charge in [-0.2, -0.15) is 0 Å². The maximum Gasteiger partial charge on any atom is 0.259 e. The van der Waals surface area contributed by atoms with Crippen LogP contribution in [0.2, 0.25) is 5.02 Å². The lowest BCUT2D eigenvalue weighted by Gasteiger charge is -2.23. The van der Waals surface area contributed by atoms with Crippen molar-refractivity contribution in [2.45, 2.75) is 29.8 Å². The van der Waals surface area contributed by atoms with Crippen LogP contribution in [0.1, 0.15) is 37.4 Å². The van der Waals surface area contributed by atoms with E-state index < -0.39 is 10.8 Å². The van der Waals surface area contributed by atoms with Gasteiger partial charge in [-0.05, 0) is 60.5 Å². The minimum Gasteiger partial charge on any atom is -0.348 e. The number of halogens is 1. The van der Waals surface area contributed by atoms with Gasteiger partial charge in [-0.1, -0.05) is 65.7 Å². The SMILES string of the molecule is Cc1ccc(CNC(=O)c2ccc3c(c2)N(Cc2ccc(Cl)cc2)C(=O)c2ccccc2[S@]3=O)cc1. The van der Waals surface area contributed by atoms with Crippen molar-refractivity contribution in [1.82, 2.24) is 5.32 Å². The second kappa shape index (κ2) is 10.1. The van der Waals surface area contributed by atoms with E-state index in [1.807, 2.05) is 43.3 Å². The van der Waals surface area contributed by atoms with Crippen molar-refractivity contribution >= 4 is 39.9 Å². The Morgan fingerprint density at radius 3 is 2.33 bits per heavy atom. The van der Waals surface area contributed by atoms with E-state index in [4.69, 9.17) is 11.6 Å². The number of anilines is 1. The molecule has 0 fully saturated rings. The van der Waals surface area contributed by atoms with Crippen LogP contribution in [0.3, 0.4) is 0 Å². The number of hydrogen-bond acceptors (Lipinski definition) is 3. The van der Waals surface area contributed by atoms with E-state index in [0.29, 0.717) is 38.2 Å². The van der Waals surface area contributed by atoms with Crippen molar-refractivity contribution in [3.05, 3.63) is 124 Å². The van der Waals surface area contributed by atoms with E-state index in [1.165, 1.54) is 0 Å². The van der Waals surface area contributed by atoms with Crippen molar-refractivity contribution in [1.29, 1.82) is 0 Å². The van der Waals surface area contributed by atoms with E-state index in [9.17, 15) is 13.8 Å². The predicted octanol–water partition coefficient (Wildman–Crippen LogP) is 5.91. The lowest BCUT2D eigenvalue weighted by atomic mass is 10.1.